The molecule has 1 N–H and O–H groups in total. The van der Waals surface area contributed by atoms with Crippen molar-refractivity contribution < 1.29 is 19.1 Å². The van der Waals surface area contributed by atoms with Crippen LogP contribution in [0.2, 0.25) is 0 Å². The van der Waals surface area contributed by atoms with Crippen molar-refractivity contribution in [2.75, 3.05) is 7.11 Å². The third kappa shape index (κ3) is 4.00. The summed E-state index contributed by atoms with van der Waals surface area (Å²) in [6.07, 6.45) is 0. The van der Waals surface area contributed by atoms with Crippen molar-refractivity contribution in [2.24, 2.45) is 0 Å². The highest BCUT2D eigenvalue weighted by atomic mass is 127. The monoisotopic (exact) mass is 613 g/mol. The fraction of sp³-hybridized carbons (Fsp3) is 0.125. The van der Waals surface area contributed by atoms with E-state index < -0.39 is 11.9 Å². The molecule has 4 aromatic carbocycles. The van der Waals surface area contributed by atoms with Crippen LogP contribution in [0.1, 0.15) is 39.9 Å². The maximum Gasteiger partial charge on any atom is 0.336 e. The molecule has 0 aromatic heterocycles. The zero-order valence-electron chi connectivity index (χ0n) is 20.9. The van der Waals surface area contributed by atoms with Crippen molar-refractivity contribution in [2.45, 2.75) is 19.4 Å². The minimum absolute atomic E-state index is 0.0757. The van der Waals surface area contributed by atoms with Gasteiger partial charge in [0.15, 0.2) is 5.78 Å². The number of allylic oxidation sites excluding steroid dienone is 2. The molecular weight excluding hydrogens is 589 g/mol. The zero-order chi connectivity index (χ0) is 26.4. The first kappa shape index (κ1) is 24.4. The Morgan fingerprint density at radius 3 is 2.47 bits per heavy atom. The van der Waals surface area contributed by atoms with Crippen molar-refractivity contribution in [1.29, 1.82) is 0 Å². The fourth-order valence-electron chi connectivity index (χ4n) is 5.43. The first-order chi connectivity index (χ1) is 18.5. The minimum atomic E-state index is -0.556. The van der Waals surface area contributed by atoms with Crippen LogP contribution in [0.4, 0.5) is 0 Å². The molecule has 1 aliphatic heterocycles. The van der Waals surface area contributed by atoms with Gasteiger partial charge in [-0.05, 0) is 63.5 Å². The van der Waals surface area contributed by atoms with E-state index in [1.165, 1.54) is 17.9 Å². The third-order valence-corrected chi connectivity index (χ3v) is 8.05. The number of nitrogens with one attached hydrogen (secondary N) is 1. The van der Waals surface area contributed by atoms with Crippen LogP contribution in [-0.2, 0) is 16.1 Å². The average molecular weight is 613 g/mol. The Hall–Kier alpha value is -3.91. The molecule has 6 rings (SSSR count). The van der Waals surface area contributed by atoms with Crippen LogP contribution in [0.15, 0.2) is 102 Å². The summed E-state index contributed by atoms with van der Waals surface area (Å²) >= 11 is 2.25. The van der Waals surface area contributed by atoms with Crippen molar-refractivity contribution in [3.8, 4) is 5.75 Å². The van der Waals surface area contributed by atoms with Crippen LogP contribution >= 0.6 is 22.6 Å². The maximum absolute atomic E-state index is 13.6. The van der Waals surface area contributed by atoms with E-state index in [0.29, 0.717) is 29.0 Å². The standard InChI is InChI=1S/C32H24INO4/c1-18-27(32(36)37-2)28(29-30(34-18)23-12-5-6-13-24(23)31(29)35)20-14-15-26(25(33)16-20)38-17-21-10-7-9-19-8-3-4-11-22(19)21/h3-16,28,34H,17H2,1-2H3/t28-/m0/s1. The van der Waals surface area contributed by atoms with Gasteiger partial charge in [0.05, 0.1) is 22.0 Å². The number of rotatable bonds is 5. The summed E-state index contributed by atoms with van der Waals surface area (Å²) in [5, 5.41) is 5.66. The summed E-state index contributed by atoms with van der Waals surface area (Å²) in [5.74, 6) is -0.346. The molecule has 0 spiro atoms. The summed E-state index contributed by atoms with van der Waals surface area (Å²) in [6.45, 7) is 2.28. The van der Waals surface area contributed by atoms with Gasteiger partial charge >= 0.3 is 5.97 Å². The molecular formula is C32H24INO4. The van der Waals surface area contributed by atoms with Gasteiger partial charge in [0.1, 0.15) is 12.4 Å². The second-order valence-electron chi connectivity index (χ2n) is 9.37. The van der Waals surface area contributed by atoms with E-state index in [2.05, 4.69) is 52.2 Å². The van der Waals surface area contributed by atoms with Crippen LogP contribution in [-0.4, -0.2) is 18.9 Å². The van der Waals surface area contributed by atoms with Gasteiger partial charge in [0, 0.05) is 28.3 Å². The highest BCUT2D eigenvalue weighted by Crippen LogP contribution is 2.47. The molecule has 0 fully saturated rings. The maximum atomic E-state index is 13.6. The molecule has 5 nitrogen and oxygen atoms in total. The molecule has 6 heteroatoms. The molecule has 0 saturated carbocycles. The Morgan fingerprint density at radius 1 is 0.947 bits per heavy atom. The molecule has 0 unspecified atom stereocenters. The second kappa shape index (κ2) is 9.76. The second-order valence-corrected chi connectivity index (χ2v) is 10.5. The number of carbonyl (C=O) groups is 2. The Morgan fingerprint density at radius 2 is 1.68 bits per heavy atom. The molecule has 1 atom stereocenters. The van der Waals surface area contributed by atoms with Crippen molar-refractivity contribution >= 4 is 50.8 Å². The van der Waals surface area contributed by atoms with Gasteiger partial charge in [-0.2, -0.15) is 0 Å². The quantitative estimate of drug-likeness (QED) is 0.199. The summed E-state index contributed by atoms with van der Waals surface area (Å²) in [4.78, 5) is 26.6. The summed E-state index contributed by atoms with van der Waals surface area (Å²) < 4.78 is 12.3. The van der Waals surface area contributed by atoms with Gasteiger partial charge in [0.25, 0.3) is 0 Å². The summed E-state index contributed by atoms with van der Waals surface area (Å²) in [7, 11) is 1.36. The average Bonchev–Trinajstić information content (AvgIpc) is 3.22. The number of hydrogen-bond donors (Lipinski definition) is 1. The Labute approximate surface area is 234 Å². The molecule has 0 bridgehead atoms. The predicted molar refractivity (Wildman–Crippen MR) is 156 cm³/mol. The van der Waals surface area contributed by atoms with Crippen LogP contribution in [0.3, 0.4) is 0 Å². The molecule has 4 aromatic rings. The largest absolute Gasteiger partial charge is 0.488 e. The number of dihydropyridines is 1. The lowest BCUT2D eigenvalue weighted by molar-refractivity contribution is -0.136. The van der Waals surface area contributed by atoms with Gasteiger partial charge in [-0.15, -0.1) is 0 Å². The Balaban J connectivity index is 1.37. The molecule has 0 saturated heterocycles. The summed E-state index contributed by atoms with van der Waals surface area (Å²) in [6, 6.07) is 27.8. The highest BCUT2D eigenvalue weighted by Gasteiger charge is 2.42. The van der Waals surface area contributed by atoms with E-state index in [4.69, 9.17) is 9.47 Å². The van der Waals surface area contributed by atoms with Gasteiger partial charge < -0.3 is 14.8 Å². The van der Waals surface area contributed by atoms with E-state index in [0.717, 1.165) is 31.7 Å². The molecule has 188 valence electrons. The number of benzene rings is 4. The molecule has 1 aliphatic carbocycles. The van der Waals surface area contributed by atoms with E-state index in [1.807, 2.05) is 67.6 Å². The molecule has 38 heavy (non-hydrogen) atoms. The number of halogens is 1. The number of hydrogen-bond acceptors (Lipinski definition) is 5. The number of fused-ring (bicyclic) bond motifs is 3. The van der Waals surface area contributed by atoms with E-state index in [-0.39, 0.29) is 5.78 Å². The topological polar surface area (TPSA) is 64.6 Å². The number of ketones is 1. The number of Topliss-reactive ketones (excluding diaryl/α,β-unsaturated/α-hetero) is 1. The van der Waals surface area contributed by atoms with E-state index >= 15 is 0 Å². The summed E-state index contributed by atoms with van der Waals surface area (Å²) in [5.41, 5.74) is 5.87. The molecule has 2 aliphatic rings. The lowest BCUT2D eigenvalue weighted by Gasteiger charge is -2.29. The lowest BCUT2D eigenvalue weighted by Crippen LogP contribution is -2.29. The van der Waals surface area contributed by atoms with Gasteiger partial charge in [-0.1, -0.05) is 72.8 Å². The van der Waals surface area contributed by atoms with Gasteiger partial charge in [-0.25, -0.2) is 4.79 Å². The number of esters is 1. The van der Waals surface area contributed by atoms with Gasteiger partial charge in [-0.3, -0.25) is 4.79 Å². The van der Waals surface area contributed by atoms with Gasteiger partial charge in [0.2, 0.25) is 0 Å². The molecule has 1 heterocycles. The SMILES string of the molecule is COC(=O)C1=C(C)NC2=C(C(=O)c3ccccc32)[C@H]1c1ccc(OCc2cccc3ccccc23)c(I)c1. The van der Waals surface area contributed by atoms with Crippen LogP contribution in [0.5, 0.6) is 5.75 Å². The number of ether oxygens (including phenoxy) is 2. The van der Waals surface area contributed by atoms with E-state index in [9.17, 15) is 9.59 Å². The molecule has 0 amide bonds. The van der Waals surface area contributed by atoms with Crippen molar-refractivity contribution in [1.82, 2.24) is 5.32 Å². The normalized spacial score (nSPS) is 16.3. The number of methoxy groups -OCH3 is 1. The van der Waals surface area contributed by atoms with Crippen LogP contribution in [0, 0.1) is 3.57 Å². The predicted octanol–water partition coefficient (Wildman–Crippen LogP) is 6.76. The minimum Gasteiger partial charge on any atom is -0.488 e. The Kier molecular flexibility index (Phi) is 6.27. The lowest BCUT2D eigenvalue weighted by atomic mass is 9.80. The fourth-order valence-corrected chi connectivity index (χ4v) is 6.13. The van der Waals surface area contributed by atoms with Crippen LogP contribution < -0.4 is 10.1 Å². The highest BCUT2D eigenvalue weighted by molar-refractivity contribution is 14.1. The number of carbonyl (C=O) groups excluding carboxylic acids is 2. The first-order valence-electron chi connectivity index (χ1n) is 12.3. The van der Waals surface area contributed by atoms with Crippen molar-refractivity contribution in [3.05, 3.63) is 128 Å². The molecule has 0 radical (unpaired) electrons. The van der Waals surface area contributed by atoms with Crippen LogP contribution in [0.25, 0.3) is 16.5 Å². The third-order valence-electron chi connectivity index (χ3n) is 7.21. The van der Waals surface area contributed by atoms with Crippen molar-refractivity contribution in [3.63, 3.8) is 0 Å². The first-order valence-corrected chi connectivity index (χ1v) is 13.4. The zero-order valence-corrected chi connectivity index (χ0v) is 23.0. The van der Waals surface area contributed by atoms with E-state index in [1.54, 1.807) is 0 Å². The smallest absolute Gasteiger partial charge is 0.336 e. The Bertz CT molecular complexity index is 1700.